The molecule has 3 aromatic heterocycles. The van der Waals surface area contributed by atoms with Crippen molar-refractivity contribution >= 4 is 54.4 Å². The van der Waals surface area contributed by atoms with Crippen molar-refractivity contribution in [1.82, 2.24) is 9.55 Å². The van der Waals surface area contributed by atoms with Crippen LogP contribution in [0.4, 0.5) is 0 Å². The monoisotopic (exact) mass is 432 g/mol. The Morgan fingerprint density at radius 1 is 1.35 bits per heavy atom. The van der Waals surface area contributed by atoms with E-state index in [0.29, 0.717) is 21.4 Å². The number of esters is 1. The highest BCUT2D eigenvalue weighted by atomic mass is 79.9. The molecule has 0 atom stereocenters. The van der Waals surface area contributed by atoms with Gasteiger partial charge in [0.25, 0.3) is 5.56 Å². The molecule has 0 radical (unpaired) electrons. The van der Waals surface area contributed by atoms with Gasteiger partial charge in [0.2, 0.25) is 5.76 Å². The topological polar surface area (TPSA) is 74.3 Å². The van der Waals surface area contributed by atoms with Crippen LogP contribution in [0.5, 0.6) is 0 Å². The maximum atomic E-state index is 12.7. The number of halogens is 1. The van der Waals surface area contributed by atoms with Gasteiger partial charge in [-0.2, -0.15) is 0 Å². The van der Waals surface area contributed by atoms with E-state index >= 15 is 0 Å². The molecule has 0 aliphatic carbocycles. The standard InChI is InChI=1S/C18H13BrN2O4S/c1-2-24-18(23)15-13(12-7-10(19)3-4-14(12)25-15)8-21-9-20-16-11(17(21)22)5-6-26-16/h3-7,9H,2,8H2,1H3. The van der Waals surface area contributed by atoms with Crippen LogP contribution in [-0.4, -0.2) is 22.1 Å². The summed E-state index contributed by atoms with van der Waals surface area (Å²) in [5.74, 6) is -0.440. The second kappa shape index (κ2) is 6.69. The molecule has 6 nitrogen and oxygen atoms in total. The Morgan fingerprint density at radius 2 is 2.19 bits per heavy atom. The number of carbonyl (C=O) groups is 1. The molecule has 26 heavy (non-hydrogen) atoms. The van der Waals surface area contributed by atoms with Gasteiger partial charge in [-0.15, -0.1) is 11.3 Å². The predicted octanol–water partition coefficient (Wildman–Crippen LogP) is 4.19. The highest BCUT2D eigenvalue weighted by Gasteiger charge is 2.23. The minimum Gasteiger partial charge on any atom is -0.460 e. The summed E-state index contributed by atoms with van der Waals surface area (Å²) in [6.07, 6.45) is 1.49. The zero-order valence-electron chi connectivity index (χ0n) is 13.7. The molecule has 132 valence electrons. The number of rotatable bonds is 4. The van der Waals surface area contributed by atoms with Crippen molar-refractivity contribution in [2.24, 2.45) is 0 Å². The number of furan rings is 1. The molecule has 0 aliphatic heterocycles. The zero-order chi connectivity index (χ0) is 18.3. The van der Waals surface area contributed by atoms with E-state index in [4.69, 9.17) is 9.15 Å². The van der Waals surface area contributed by atoms with Crippen molar-refractivity contribution in [2.75, 3.05) is 6.61 Å². The molecule has 1 aromatic carbocycles. The van der Waals surface area contributed by atoms with E-state index in [-0.39, 0.29) is 24.5 Å². The lowest BCUT2D eigenvalue weighted by molar-refractivity contribution is 0.0490. The number of ether oxygens (including phenoxy) is 1. The van der Waals surface area contributed by atoms with E-state index in [2.05, 4.69) is 20.9 Å². The minimum atomic E-state index is -0.549. The van der Waals surface area contributed by atoms with Crippen LogP contribution in [0.25, 0.3) is 21.2 Å². The Morgan fingerprint density at radius 3 is 3.00 bits per heavy atom. The molecule has 0 saturated carbocycles. The Kier molecular flexibility index (Phi) is 4.37. The number of fused-ring (bicyclic) bond motifs is 2. The lowest BCUT2D eigenvalue weighted by Gasteiger charge is -2.06. The van der Waals surface area contributed by atoms with Gasteiger partial charge in [-0.3, -0.25) is 9.36 Å². The summed E-state index contributed by atoms with van der Waals surface area (Å²) in [6.45, 7) is 2.13. The Bertz CT molecular complexity index is 1190. The van der Waals surface area contributed by atoms with Crippen molar-refractivity contribution in [2.45, 2.75) is 13.5 Å². The molecule has 0 spiro atoms. The predicted molar refractivity (Wildman–Crippen MR) is 103 cm³/mol. The van der Waals surface area contributed by atoms with E-state index in [9.17, 15) is 9.59 Å². The van der Waals surface area contributed by atoms with Gasteiger partial charge in [0.1, 0.15) is 10.4 Å². The number of hydrogen-bond acceptors (Lipinski definition) is 6. The van der Waals surface area contributed by atoms with Gasteiger partial charge in [0.05, 0.1) is 24.9 Å². The third-order valence-corrected chi connectivity index (χ3v) is 5.31. The lowest BCUT2D eigenvalue weighted by atomic mass is 10.1. The van der Waals surface area contributed by atoms with E-state index in [1.54, 1.807) is 19.1 Å². The van der Waals surface area contributed by atoms with Crippen LogP contribution < -0.4 is 5.56 Å². The van der Waals surface area contributed by atoms with E-state index < -0.39 is 5.97 Å². The third-order valence-electron chi connectivity index (χ3n) is 3.99. The summed E-state index contributed by atoms with van der Waals surface area (Å²) in [5, 5.41) is 3.14. The van der Waals surface area contributed by atoms with Crippen LogP contribution in [0.15, 0.2) is 49.7 Å². The van der Waals surface area contributed by atoms with Crippen molar-refractivity contribution in [1.29, 1.82) is 0 Å². The largest absolute Gasteiger partial charge is 0.460 e. The third kappa shape index (κ3) is 2.85. The molecular weight excluding hydrogens is 420 g/mol. The first-order valence-electron chi connectivity index (χ1n) is 7.89. The Balaban J connectivity index is 1.89. The van der Waals surface area contributed by atoms with E-state index in [1.807, 2.05) is 17.5 Å². The molecule has 0 bridgehead atoms. The number of benzene rings is 1. The average molecular weight is 433 g/mol. The van der Waals surface area contributed by atoms with Crippen LogP contribution in [0.1, 0.15) is 23.0 Å². The molecule has 4 rings (SSSR count). The fourth-order valence-electron chi connectivity index (χ4n) is 2.82. The molecule has 0 unspecified atom stereocenters. The Hall–Kier alpha value is -2.45. The van der Waals surface area contributed by atoms with Crippen LogP contribution >= 0.6 is 27.3 Å². The molecule has 8 heteroatoms. The fraction of sp³-hybridized carbons (Fsp3) is 0.167. The van der Waals surface area contributed by atoms with Crippen molar-refractivity contribution < 1.29 is 13.9 Å². The van der Waals surface area contributed by atoms with E-state index in [0.717, 1.165) is 9.86 Å². The molecule has 0 N–H and O–H groups in total. The molecule has 0 amide bonds. The second-order valence-electron chi connectivity index (χ2n) is 5.59. The quantitative estimate of drug-likeness (QED) is 0.452. The van der Waals surface area contributed by atoms with Crippen molar-refractivity contribution in [3.05, 3.63) is 62.1 Å². The summed E-state index contributed by atoms with van der Waals surface area (Å²) < 4.78 is 13.2. The number of hydrogen-bond donors (Lipinski definition) is 0. The molecular formula is C18H13BrN2O4S. The van der Waals surface area contributed by atoms with Crippen LogP contribution in [0, 0.1) is 0 Å². The van der Waals surface area contributed by atoms with Gasteiger partial charge < -0.3 is 9.15 Å². The maximum Gasteiger partial charge on any atom is 0.374 e. The average Bonchev–Trinajstić information content (AvgIpc) is 3.23. The zero-order valence-corrected chi connectivity index (χ0v) is 16.1. The van der Waals surface area contributed by atoms with Gasteiger partial charge >= 0.3 is 5.97 Å². The molecule has 0 fully saturated rings. The smallest absolute Gasteiger partial charge is 0.374 e. The number of nitrogens with zero attached hydrogens (tertiary/aromatic N) is 2. The van der Waals surface area contributed by atoms with Gasteiger partial charge in [0, 0.05) is 15.4 Å². The molecule has 0 aliphatic rings. The molecule has 0 saturated heterocycles. The summed E-state index contributed by atoms with van der Waals surface area (Å²) in [6, 6.07) is 7.21. The van der Waals surface area contributed by atoms with Crippen LogP contribution in [0.3, 0.4) is 0 Å². The summed E-state index contributed by atoms with van der Waals surface area (Å²) >= 11 is 4.85. The normalized spacial score (nSPS) is 11.3. The van der Waals surface area contributed by atoms with Gasteiger partial charge in [-0.05, 0) is 36.6 Å². The van der Waals surface area contributed by atoms with Crippen LogP contribution in [0.2, 0.25) is 0 Å². The molecule has 3 heterocycles. The SMILES string of the molecule is CCOC(=O)c1oc2ccc(Br)cc2c1Cn1cnc2sccc2c1=O. The number of aromatic nitrogens is 2. The summed E-state index contributed by atoms with van der Waals surface area (Å²) in [4.78, 5) is 30.0. The first-order chi connectivity index (χ1) is 12.6. The number of carbonyl (C=O) groups excluding carboxylic acids is 1. The summed E-state index contributed by atoms with van der Waals surface area (Å²) in [7, 11) is 0. The fourth-order valence-corrected chi connectivity index (χ4v) is 3.90. The van der Waals surface area contributed by atoms with Gasteiger partial charge in [-0.1, -0.05) is 15.9 Å². The highest BCUT2D eigenvalue weighted by molar-refractivity contribution is 9.10. The minimum absolute atomic E-state index is 0.109. The second-order valence-corrected chi connectivity index (χ2v) is 7.40. The van der Waals surface area contributed by atoms with E-state index in [1.165, 1.54) is 22.2 Å². The number of thiophene rings is 1. The first-order valence-corrected chi connectivity index (χ1v) is 9.56. The lowest BCUT2D eigenvalue weighted by Crippen LogP contribution is -2.21. The highest BCUT2D eigenvalue weighted by Crippen LogP contribution is 2.30. The summed E-state index contributed by atoms with van der Waals surface area (Å²) in [5.41, 5.74) is 0.998. The van der Waals surface area contributed by atoms with Gasteiger partial charge in [-0.25, -0.2) is 9.78 Å². The first kappa shape index (κ1) is 17.0. The van der Waals surface area contributed by atoms with Crippen molar-refractivity contribution in [3.8, 4) is 0 Å². The van der Waals surface area contributed by atoms with Crippen LogP contribution in [-0.2, 0) is 11.3 Å². The van der Waals surface area contributed by atoms with Crippen molar-refractivity contribution in [3.63, 3.8) is 0 Å². The Labute approximate surface area is 160 Å². The van der Waals surface area contributed by atoms with Gasteiger partial charge in [0.15, 0.2) is 0 Å². The maximum absolute atomic E-state index is 12.7. The molecule has 4 aromatic rings.